The Labute approximate surface area is 117 Å². The molecule has 0 radical (unpaired) electrons. The summed E-state index contributed by atoms with van der Waals surface area (Å²) >= 11 is 1.31. The molecule has 1 amide bonds. The number of unbranched alkanes of at least 4 members (excludes halogenated alkanes) is 1. The Bertz CT molecular complexity index is 506. The van der Waals surface area contributed by atoms with Crippen molar-refractivity contribution in [2.75, 3.05) is 5.32 Å². The molecule has 0 aromatic carbocycles. The monoisotopic (exact) mass is 280 g/mol. The summed E-state index contributed by atoms with van der Waals surface area (Å²) in [7, 11) is 0. The van der Waals surface area contributed by atoms with Gasteiger partial charge in [0.05, 0.1) is 10.6 Å². The SMILES string of the molecule is CCCCC(=O)Nc1nc2c(s1)C(=O)CC(C)(C)C2. The molecule has 0 atom stereocenters. The third-order valence-corrected chi connectivity index (χ3v) is 4.29. The number of thiazole rings is 1. The quantitative estimate of drug-likeness (QED) is 0.919. The van der Waals surface area contributed by atoms with Crippen molar-refractivity contribution < 1.29 is 9.59 Å². The molecule has 1 aliphatic rings. The molecular formula is C14H20N2O2S. The summed E-state index contributed by atoms with van der Waals surface area (Å²) in [5, 5.41) is 3.36. The Kier molecular flexibility index (Phi) is 4.04. The number of nitrogens with zero attached hydrogens (tertiary/aromatic N) is 1. The topological polar surface area (TPSA) is 59.1 Å². The molecule has 0 saturated heterocycles. The van der Waals surface area contributed by atoms with Gasteiger partial charge < -0.3 is 5.32 Å². The number of carbonyl (C=O) groups excluding carboxylic acids is 2. The molecule has 1 aromatic heterocycles. The second kappa shape index (κ2) is 5.41. The zero-order valence-corrected chi connectivity index (χ0v) is 12.5. The zero-order valence-electron chi connectivity index (χ0n) is 11.7. The first-order chi connectivity index (χ1) is 8.91. The lowest BCUT2D eigenvalue weighted by Gasteiger charge is -2.26. The molecule has 0 unspecified atom stereocenters. The van der Waals surface area contributed by atoms with Crippen molar-refractivity contribution in [2.45, 2.75) is 52.9 Å². The second-order valence-electron chi connectivity index (χ2n) is 5.89. The normalized spacial score (nSPS) is 17.1. The van der Waals surface area contributed by atoms with Crippen molar-refractivity contribution in [3.8, 4) is 0 Å². The fraction of sp³-hybridized carbons (Fsp3) is 0.643. The van der Waals surface area contributed by atoms with Gasteiger partial charge in [-0.3, -0.25) is 9.59 Å². The molecule has 0 saturated carbocycles. The number of Topliss-reactive ketones (excluding diaryl/α,β-unsaturated/α-hetero) is 1. The van der Waals surface area contributed by atoms with Crippen LogP contribution in [-0.4, -0.2) is 16.7 Å². The largest absolute Gasteiger partial charge is 0.302 e. The van der Waals surface area contributed by atoms with Crippen molar-refractivity contribution in [3.63, 3.8) is 0 Å². The third kappa shape index (κ3) is 3.41. The smallest absolute Gasteiger partial charge is 0.226 e. The number of hydrogen-bond donors (Lipinski definition) is 1. The van der Waals surface area contributed by atoms with Gasteiger partial charge in [-0.1, -0.05) is 38.5 Å². The minimum atomic E-state index is -0.0261. The highest BCUT2D eigenvalue weighted by Crippen LogP contribution is 2.38. The molecule has 0 spiro atoms. The van der Waals surface area contributed by atoms with E-state index in [1.165, 1.54) is 11.3 Å². The fourth-order valence-corrected chi connectivity index (χ4v) is 3.23. The zero-order chi connectivity index (χ0) is 14.0. The number of anilines is 1. The van der Waals surface area contributed by atoms with Gasteiger partial charge in [0.2, 0.25) is 5.91 Å². The Balaban J connectivity index is 2.10. The average Bonchev–Trinajstić information content (AvgIpc) is 2.67. The Hall–Kier alpha value is -1.23. The van der Waals surface area contributed by atoms with Crippen LogP contribution in [0.2, 0.25) is 0 Å². The molecule has 5 heteroatoms. The lowest BCUT2D eigenvalue weighted by Crippen LogP contribution is -2.26. The molecule has 1 N–H and O–H groups in total. The van der Waals surface area contributed by atoms with E-state index in [9.17, 15) is 9.59 Å². The fourth-order valence-electron chi connectivity index (χ4n) is 2.29. The van der Waals surface area contributed by atoms with E-state index in [0.717, 1.165) is 29.8 Å². The van der Waals surface area contributed by atoms with Crippen LogP contribution in [0.5, 0.6) is 0 Å². The van der Waals surface area contributed by atoms with Crippen LogP contribution in [0, 0.1) is 5.41 Å². The first kappa shape index (κ1) is 14.2. The van der Waals surface area contributed by atoms with E-state index < -0.39 is 0 Å². The summed E-state index contributed by atoms with van der Waals surface area (Å²) in [6.07, 6.45) is 3.75. The Morgan fingerprint density at radius 3 is 2.84 bits per heavy atom. The lowest BCUT2D eigenvalue weighted by molar-refractivity contribution is -0.116. The summed E-state index contributed by atoms with van der Waals surface area (Å²) in [6.45, 7) is 6.20. The van der Waals surface area contributed by atoms with E-state index in [4.69, 9.17) is 0 Å². The number of aromatic nitrogens is 1. The van der Waals surface area contributed by atoms with Crippen LogP contribution < -0.4 is 5.32 Å². The van der Waals surface area contributed by atoms with Gasteiger partial charge in [0.1, 0.15) is 0 Å². The Morgan fingerprint density at radius 2 is 2.16 bits per heavy atom. The van der Waals surface area contributed by atoms with Crippen LogP contribution in [0.15, 0.2) is 0 Å². The first-order valence-corrected chi connectivity index (χ1v) is 7.56. The molecule has 1 aromatic rings. The van der Waals surface area contributed by atoms with Gasteiger partial charge in [0.15, 0.2) is 10.9 Å². The van der Waals surface area contributed by atoms with Crippen LogP contribution in [0.3, 0.4) is 0 Å². The molecule has 0 fully saturated rings. The molecule has 104 valence electrons. The minimum absolute atomic E-state index is 0.0142. The van der Waals surface area contributed by atoms with Gasteiger partial charge in [-0.2, -0.15) is 0 Å². The third-order valence-electron chi connectivity index (χ3n) is 3.24. The molecule has 2 rings (SSSR count). The van der Waals surface area contributed by atoms with Gasteiger partial charge in [-0.25, -0.2) is 4.98 Å². The number of amides is 1. The minimum Gasteiger partial charge on any atom is -0.302 e. The first-order valence-electron chi connectivity index (χ1n) is 6.74. The van der Waals surface area contributed by atoms with Gasteiger partial charge in [-0.05, 0) is 18.3 Å². The number of fused-ring (bicyclic) bond motifs is 1. The summed E-state index contributed by atoms with van der Waals surface area (Å²) in [6, 6.07) is 0. The van der Waals surface area contributed by atoms with Crippen molar-refractivity contribution >= 4 is 28.2 Å². The predicted octanol–water partition coefficient (Wildman–Crippen LogP) is 3.43. The van der Waals surface area contributed by atoms with Crippen LogP contribution in [-0.2, 0) is 11.2 Å². The van der Waals surface area contributed by atoms with Crippen LogP contribution in [0.1, 0.15) is 61.8 Å². The number of ketones is 1. The second-order valence-corrected chi connectivity index (χ2v) is 6.89. The molecule has 4 nitrogen and oxygen atoms in total. The molecule has 1 aliphatic carbocycles. The van der Waals surface area contributed by atoms with E-state index in [-0.39, 0.29) is 17.1 Å². The van der Waals surface area contributed by atoms with Crippen molar-refractivity contribution in [1.29, 1.82) is 0 Å². The molecule has 19 heavy (non-hydrogen) atoms. The van der Waals surface area contributed by atoms with Gasteiger partial charge in [0, 0.05) is 12.8 Å². The molecule has 0 aliphatic heterocycles. The van der Waals surface area contributed by atoms with Crippen LogP contribution in [0.4, 0.5) is 5.13 Å². The standard InChI is InChI=1S/C14H20N2O2S/c1-4-5-6-11(18)16-13-15-9-7-14(2,3)8-10(17)12(9)19-13/h4-8H2,1-3H3,(H,15,16,18). The van der Waals surface area contributed by atoms with Crippen molar-refractivity contribution in [2.24, 2.45) is 5.41 Å². The number of rotatable bonds is 4. The van der Waals surface area contributed by atoms with Gasteiger partial charge in [-0.15, -0.1) is 0 Å². The highest BCUT2D eigenvalue weighted by atomic mass is 32.1. The maximum Gasteiger partial charge on any atom is 0.226 e. The van der Waals surface area contributed by atoms with E-state index in [0.29, 0.717) is 18.0 Å². The molecular weight excluding hydrogens is 260 g/mol. The summed E-state index contributed by atoms with van der Waals surface area (Å²) < 4.78 is 0. The van der Waals surface area contributed by atoms with Gasteiger partial charge >= 0.3 is 0 Å². The summed E-state index contributed by atoms with van der Waals surface area (Å²) in [5.41, 5.74) is 0.818. The highest BCUT2D eigenvalue weighted by Gasteiger charge is 2.33. The van der Waals surface area contributed by atoms with E-state index in [1.807, 2.05) is 0 Å². The van der Waals surface area contributed by atoms with Crippen molar-refractivity contribution in [1.82, 2.24) is 4.98 Å². The molecule has 0 bridgehead atoms. The van der Waals surface area contributed by atoms with E-state index in [1.54, 1.807) is 0 Å². The van der Waals surface area contributed by atoms with Crippen LogP contribution in [0.25, 0.3) is 0 Å². The number of nitrogens with one attached hydrogen (secondary N) is 1. The van der Waals surface area contributed by atoms with Crippen LogP contribution >= 0.6 is 11.3 Å². The average molecular weight is 280 g/mol. The molecule has 1 heterocycles. The lowest BCUT2D eigenvalue weighted by atomic mass is 9.78. The maximum atomic E-state index is 12.0. The van der Waals surface area contributed by atoms with E-state index in [2.05, 4.69) is 31.1 Å². The predicted molar refractivity (Wildman–Crippen MR) is 76.7 cm³/mol. The maximum absolute atomic E-state index is 12.0. The van der Waals surface area contributed by atoms with Gasteiger partial charge in [0.25, 0.3) is 0 Å². The Morgan fingerprint density at radius 1 is 1.42 bits per heavy atom. The summed E-state index contributed by atoms with van der Waals surface area (Å²) in [4.78, 5) is 28.8. The van der Waals surface area contributed by atoms with Crippen molar-refractivity contribution in [3.05, 3.63) is 10.6 Å². The van der Waals surface area contributed by atoms with E-state index >= 15 is 0 Å². The summed E-state index contributed by atoms with van der Waals surface area (Å²) in [5.74, 6) is 0.137. The number of hydrogen-bond acceptors (Lipinski definition) is 4. The number of carbonyl (C=O) groups is 2. The highest BCUT2D eigenvalue weighted by molar-refractivity contribution is 7.17.